The summed E-state index contributed by atoms with van der Waals surface area (Å²) < 4.78 is 23.2. The van der Waals surface area contributed by atoms with Gasteiger partial charge in [-0.05, 0) is 32.9 Å². The Balaban J connectivity index is 2.19. The van der Waals surface area contributed by atoms with E-state index in [2.05, 4.69) is 4.90 Å². The Labute approximate surface area is 115 Å². The van der Waals surface area contributed by atoms with Crippen LogP contribution in [0.5, 0.6) is 5.75 Å². The maximum Gasteiger partial charge on any atom is 0.151 e. The predicted molar refractivity (Wildman–Crippen MR) is 76.1 cm³/mol. The van der Waals surface area contributed by atoms with E-state index in [1.807, 2.05) is 26.0 Å². The number of benzene rings is 1. The first kappa shape index (κ1) is 14.3. The maximum atomic E-state index is 11.6. The van der Waals surface area contributed by atoms with E-state index < -0.39 is 9.84 Å². The molecule has 0 aromatic heterocycles. The van der Waals surface area contributed by atoms with Crippen LogP contribution in [0, 0.1) is 6.92 Å². The Morgan fingerprint density at radius 3 is 2.74 bits per heavy atom. The van der Waals surface area contributed by atoms with Gasteiger partial charge in [0, 0.05) is 18.2 Å². The minimum Gasteiger partial charge on any atom is -0.508 e. The molecule has 1 aromatic carbocycles. The van der Waals surface area contributed by atoms with Gasteiger partial charge in [0.15, 0.2) is 9.84 Å². The summed E-state index contributed by atoms with van der Waals surface area (Å²) in [5.74, 6) is 0.769. The Morgan fingerprint density at radius 1 is 1.26 bits per heavy atom. The summed E-state index contributed by atoms with van der Waals surface area (Å²) in [4.78, 5) is 2.14. The monoisotopic (exact) mass is 283 g/mol. The van der Waals surface area contributed by atoms with Gasteiger partial charge in [0.25, 0.3) is 0 Å². The quantitative estimate of drug-likeness (QED) is 0.900. The number of nitrogens with zero attached hydrogens (tertiary/aromatic N) is 1. The van der Waals surface area contributed by atoms with Crippen molar-refractivity contribution >= 4 is 9.84 Å². The SMILES string of the molecule is Cc1ccc(O)c(C(C)N2CCCS(=O)(=O)CC2)c1. The Bertz CT molecular complexity index is 554. The third-order valence-electron chi connectivity index (χ3n) is 3.77. The Kier molecular flexibility index (Phi) is 4.16. The fourth-order valence-electron chi connectivity index (χ4n) is 2.55. The molecule has 2 rings (SSSR count). The minimum atomic E-state index is -2.89. The lowest BCUT2D eigenvalue weighted by Gasteiger charge is -2.28. The number of aromatic hydroxyl groups is 1. The molecule has 0 aliphatic carbocycles. The number of phenols is 1. The van der Waals surface area contributed by atoms with E-state index in [1.54, 1.807) is 6.07 Å². The molecule has 1 aliphatic heterocycles. The molecule has 0 bridgehead atoms. The van der Waals surface area contributed by atoms with Crippen molar-refractivity contribution in [2.24, 2.45) is 0 Å². The maximum absolute atomic E-state index is 11.6. The largest absolute Gasteiger partial charge is 0.508 e. The molecule has 0 spiro atoms. The molecule has 0 amide bonds. The zero-order valence-corrected chi connectivity index (χ0v) is 12.3. The molecule has 0 saturated carbocycles. The molecule has 19 heavy (non-hydrogen) atoms. The number of hydrogen-bond acceptors (Lipinski definition) is 4. The highest BCUT2D eigenvalue weighted by Gasteiger charge is 2.24. The van der Waals surface area contributed by atoms with Crippen molar-refractivity contribution in [3.05, 3.63) is 29.3 Å². The highest BCUT2D eigenvalue weighted by Crippen LogP contribution is 2.30. The second-order valence-corrected chi connectivity index (χ2v) is 7.58. The van der Waals surface area contributed by atoms with E-state index in [0.717, 1.165) is 17.7 Å². The lowest BCUT2D eigenvalue weighted by atomic mass is 10.0. The Morgan fingerprint density at radius 2 is 2.00 bits per heavy atom. The van der Waals surface area contributed by atoms with Gasteiger partial charge in [-0.3, -0.25) is 4.90 Å². The topological polar surface area (TPSA) is 57.6 Å². The van der Waals surface area contributed by atoms with Crippen LogP contribution in [0.15, 0.2) is 18.2 Å². The Hall–Kier alpha value is -1.07. The minimum absolute atomic E-state index is 0.0354. The zero-order valence-electron chi connectivity index (χ0n) is 11.5. The number of sulfone groups is 1. The second-order valence-electron chi connectivity index (χ2n) is 5.28. The van der Waals surface area contributed by atoms with Gasteiger partial charge in [0.2, 0.25) is 0 Å². The van der Waals surface area contributed by atoms with Crippen LogP contribution >= 0.6 is 0 Å². The summed E-state index contributed by atoms with van der Waals surface area (Å²) in [6, 6.07) is 5.58. The summed E-state index contributed by atoms with van der Waals surface area (Å²) in [6.45, 7) is 5.31. The van der Waals surface area contributed by atoms with Crippen molar-refractivity contribution < 1.29 is 13.5 Å². The van der Waals surface area contributed by atoms with E-state index in [-0.39, 0.29) is 23.3 Å². The molecule has 1 fully saturated rings. The van der Waals surface area contributed by atoms with Gasteiger partial charge in [0.1, 0.15) is 5.75 Å². The molecular weight excluding hydrogens is 262 g/mol. The zero-order chi connectivity index (χ0) is 14.0. The first-order valence-corrected chi connectivity index (χ1v) is 8.45. The van der Waals surface area contributed by atoms with Crippen LogP contribution in [-0.4, -0.2) is 43.0 Å². The molecule has 1 saturated heterocycles. The van der Waals surface area contributed by atoms with Crippen molar-refractivity contribution in [3.63, 3.8) is 0 Å². The molecule has 106 valence electrons. The smallest absolute Gasteiger partial charge is 0.151 e. The molecule has 1 aromatic rings. The van der Waals surface area contributed by atoms with Crippen molar-refractivity contribution in [2.45, 2.75) is 26.3 Å². The molecular formula is C14H21NO3S. The fourth-order valence-corrected chi connectivity index (χ4v) is 3.84. The summed E-state index contributed by atoms with van der Waals surface area (Å²) in [7, 11) is -2.89. The first-order chi connectivity index (χ1) is 8.89. The highest BCUT2D eigenvalue weighted by atomic mass is 32.2. The summed E-state index contributed by atoms with van der Waals surface area (Å²) in [6.07, 6.45) is 0.666. The lowest BCUT2D eigenvalue weighted by molar-refractivity contribution is 0.224. The molecule has 1 unspecified atom stereocenters. The number of rotatable bonds is 2. The van der Waals surface area contributed by atoms with Crippen LogP contribution in [0.4, 0.5) is 0 Å². The standard InChI is InChI=1S/C14H21NO3S/c1-11-4-5-14(16)13(10-11)12(2)15-6-3-8-19(17,18)9-7-15/h4-5,10,12,16H,3,6-9H2,1-2H3. The van der Waals surface area contributed by atoms with Crippen LogP contribution in [0.3, 0.4) is 0 Å². The number of hydrogen-bond donors (Lipinski definition) is 1. The molecule has 0 radical (unpaired) electrons. The van der Waals surface area contributed by atoms with E-state index in [0.29, 0.717) is 13.0 Å². The normalized spacial score (nSPS) is 21.8. The molecule has 1 N–H and O–H groups in total. The van der Waals surface area contributed by atoms with Crippen LogP contribution in [-0.2, 0) is 9.84 Å². The van der Waals surface area contributed by atoms with Gasteiger partial charge >= 0.3 is 0 Å². The van der Waals surface area contributed by atoms with Crippen LogP contribution in [0.1, 0.15) is 30.5 Å². The van der Waals surface area contributed by atoms with Crippen LogP contribution in [0.2, 0.25) is 0 Å². The van der Waals surface area contributed by atoms with Gasteiger partial charge in [-0.15, -0.1) is 0 Å². The van der Waals surface area contributed by atoms with Gasteiger partial charge in [-0.1, -0.05) is 17.7 Å². The van der Waals surface area contributed by atoms with E-state index in [1.165, 1.54) is 0 Å². The van der Waals surface area contributed by atoms with Crippen LogP contribution in [0.25, 0.3) is 0 Å². The van der Waals surface area contributed by atoms with Gasteiger partial charge in [0.05, 0.1) is 11.5 Å². The number of aryl methyl sites for hydroxylation is 1. The third-order valence-corrected chi connectivity index (χ3v) is 5.49. The molecule has 4 nitrogen and oxygen atoms in total. The molecule has 1 heterocycles. The second kappa shape index (κ2) is 5.51. The van der Waals surface area contributed by atoms with Crippen molar-refractivity contribution in [2.75, 3.05) is 24.6 Å². The number of phenolic OH excluding ortho intramolecular Hbond substituents is 1. The third kappa shape index (κ3) is 3.48. The molecule has 1 aliphatic rings. The summed E-state index contributed by atoms with van der Waals surface area (Å²) in [5.41, 5.74) is 1.97. The summed E-state index contributed by atoms with van der Waals surface area (Å²) >= 11 is 0. The first-order valence-electron chi connectivity index (χ1n) is 6.63. The van der Waals surface area contributed by atoms with Crippen LogP contribution < -0.4 is 0 Å². The van der Waals surface area contributed by atoms with Crippen molar-refractivity contribution in [3.8, 4) is 5.75 Å². The van der Waals surface area contributed by atoms with Gasteiger partial charge in [-0.2, -0.15) is 0 Å². The molecule has 5 heteroatoms. The molecule has 1 atom stereocenters. The summed E-state index contributed by atoms with van der Waals surface area (Å²) in [5, 5.41) is 9.96. The van der Waals surface area contributed by atoms with E-state index in [4.69, 9.17) is 0 Å². The fraction of sp³-hybridized carbons (Fsp3) is 0.571. The van der Waals surface area contributed by atoms with Gasteiger partial charge < -0.3 is 5.11 Å². The van der Waals surface area contributed by atoms with E-state index in [9.17, 15) is 13.5 Å². The van der Waals surface area contributed by atoms with E-state index >= 15 is 0 Å². The van der Waals surface area contributed by atoms with Gasteiger partial charge in [-0.25, -0.2) is 8.42 Å². The average Bonchev–Trinajstić information content (AvgIpc) is 2.52. The lowest BCUT2D eigenvalue weighted by Crippen LogP contribution is -2.30. The highest BCUT2D eigenvalue weighted by molar-refractivity contribution is 7.91. The predicted octanol–water partition coefficient (Wildman–Crippen LogP) is 1.88. The van der Waals surface area contributed by atoms with Crippen molar-refractivity contribution in [1.29, 1.82) is 0 Å². The van der Waals surface area contributed by atoms with Crippen molar-refractivity contribution in [1.82, 2.24) is 4.90 Å². The average molecular weight is 283 g/mol.